The first kappa shape index (κ1) is 16.7. The maximum absolute atomic E-state index is 12.3. The van der Waals surface area contributed by atoms with Crippen molar-refractivity contribution in [3.05, 3.63) is 22.3 Å². The summed E-state index contributed by atoms with van der Waals surface area (Å²) in [5.41, 5.74) is 0.461. The Morgan fingerprint density at radius 2 is 1.95 bits per heavy atom. The first-order valence-corrected chi connectivity index (χ1v) is 7.83. The Labute approximate surface area is 136 Å². The number of piperidine rings is 1. The summed E-state index contributed by atoms with van der Waals surface area (Å²) in [6.07, 6.45) is 1.78. The van der Waals surface area contributed by atoms with E-state index in [0.717, 1.165) is 13.1 Å². The summed E-state index contributed by atoms with van der Waals surface area (Å²) in [5, 5.41) is 0.0866. The van der Waals surface area contributed by atoms with Gasteiger partial charge in [0, 0.05) is 27.2 Å². The van der Waals surface area contributed by atoms with Crippen LogP contribution >= 0.6 is 11.6 Å². The van der Waals surface area contributed by atoms with Crippen LogP contribution in [0.4, 0.5) is 5.82 Å². The number of carbonyl (C=O) groups excluding carboxylic acids is 2. The van der Waals surface area contributed by atoms with Gasteiger partial charge in [0.25, 0.3) is 5.91 Å². The third kappa shape index (κ3) is 3.40. The number of hydrogen-bond donors (Lipinski definition) is 0. The number of aromatic nitrogens is 1. The molecule has 2 heterocycles. The van der Waals surface area contributed by atoms with Gasteiger partial charge >= 0.3 is 0 Å². The second kappa shape index (κ2) is 6.65. The number of nitrogens with zero attached hydrogens (tertiary/aromatic N) is 3. The summed E-state index contributed by atoms with van der Waals surface area (Å²) in [5.74, 6) is 1.54. The zero-order valence-corrected chi connectivity index (χ0v) is 14.2. The largest absolute Gasteiger partial charge is 0.356 e. The van der Waals surface area contributed by atoms with Crippen molar-refractivity contribution >= 4 is 29.6 Å². The van der Waals surface area contributed by atoms with Crippen LogP contribution in [0, 0.1) is 11.8 Å². The van der Waals surface area contributed by atoms with Gasteiger partial charge in [-0.25, -0.2) is 4.98 Å². The fraction of sp³-hybridized carbons (Fsp3) is 0.562. The van der Waals surface area contributed by atoms with Gasteiger partial charge in [-0.3, -0.25) is 9.59 Å². The average molecular weight is 324 g/mol. The lowest BCUT2D eigenvalue weighted by Crippen LogP contribution is -2.39. The predicted octanol–water partition coefficient (Wildman–Crippen LogP) is 2.73. The van der Waals surface area contributed by atoms with Crippen molar-refractivity contribution in [2.75, 3.05) is 32.1 Å². The summed E-state index contributed by atoms with van der Waals surface area (Å²) >= 11 is 6.14. The smallest absolute Gasteiger partial charge is 0.254 e. The Morgan fingerprint density at radius 3 is 2.45 bits per heavy atom. The molecule has 1 fully saturated rings. The Bertz CT molecular complexity index is 579. The van der Waals surface area contributed by atoms with Gasteiger partial charge in [-0.1, -0.05) is 25.4 Å². The monoisotopic (exact) mass is 323 g/mol. The fourth-order valence-electron chi connectivity index (χ4n) is 3.05. The summed E-state index contributed by atoms with van der Waals surface area (Å²) in [6, 6.07) is 1.68. The lowest BCUT2D eigenvalue weighted by atomic mass is 9.92. The van der Waals surface area contributed by atoms with E-state index >= 15 is 0 Å². The molecule has 6 heteroatoms. The number of halogens is 1. The molecular formula is C16H22ClN3O2. The zero-order chi connectivity index (χ0) is 16.4. The first-order chi connectivity index (χ1) is 10.3. The van der Waals surface area contributed by atoms with Gasteiger partial charge in [0.15, 0.2) is 6.29 Å². The molecule has 0 N–H and O–H groups in total. The highest BCUT2D eigenvalue weighted by molar-refractivity contribution is 6.32. The molecule has 0 aliphatic carbocycles. The molecule has 0 radical (unpaired) electrons. The molecule has 2 rings (SSSR count). The van der Waals surface area contributed by atoms with Crippen LogP contribution < -0.4 is 4.90 Å². The van der Waals surface area contributed by atoms with Crippen molar-refractivity contribution in [2.24, 2.45) is 11.8 Å². The lowest BCUT2D eigenvalue weighted by Gasteiger charge is -2.36. The molecule has 0 spiro atoms. The number of amides is 1. The molecule has 0 bridgehead atoms. The minimum Gasteiger partial charge on any atom is -0.356 e. The molecule has 2 unspecified atom stereocenters. The highest BCUT2D eigenvalue weighted by Crippen LogP contribution is 2.29. The van der Waals surface area contributed by atoms with Crippen molar-refractivity contribution in [3.8, 4) is 0 Å². The average Bonchev–Trinajstić information content (AvgIpc) is 2.44. The van der Waals surface area contributed by atoms with Crippen LogP contribution in [0.2, 0.25) is 5.15 Å². The van der Waals surface area contributed by atoms with Crippen molar-refractivity contribution < 1.29 is 9.59 Å². The Kier molecular flexibility index (Phi) is 5.06. The van der Waals surface area contributed by atoms with E-state index in [1.54, 1.807) is 20.2 Å². The van der Waals surface area contributed by atoms with E-state index in [9.17, 15) is 9.59 Å². The van der Waals surface area contributed by atoms with Crippen molar-refractivity contribution in [1.82, 2.24) is 9.88 Å². The number of pyridine rings is 1. The van der Waals surface area contributed by atoms with E-state index in [2.05, 4.69) is 23.7 Å². The number of rotatable bonds is 3. The van der Waals surface area contributed by atoms with Crippen LogP contribution in [0.1, 0.15) is 41.0 Å². The van der Waals surface area contributed by atoms with Crippen molar-refractivity contribution in [3.63, 3.8) is 0 Å². The molecule has 1 aliphatic heterocycles. The van der Waals surface area contributed by atoms with Crippen LogP contribution in [0.3, 0.4) is 0 Å². The second-order valence-corrected chi connectivity index (χ2v) is 6.76. The van der Waals surface area contributed by atoms with E-state index in [4.69, 9.17) is 11.6 Å². The minimum atomic E-state index is -0.245. The van der Waals surface area contributed by atoms with Crippen LogP contribution in [0.5, 0.6) is 0 Å². The third-order valence-electron chi connectivity index (χ3n) is 3.95. The zero-order valence-electron chi connectivity index (χ0n) is 13.5. The number of anilines is 1. The first-order valence-electron chi connectivity index (χ1n) is 7.45. The standard InChI is InChI=1S/C16H22ClN3O2/c1-10-5-11(2)8-20(7-10)14-6-12(16(22)19(3)4)13(9-21)15(17)18-14/h6,9-11H,5,7-8H2,1-4H3. The maximum atomic E-state index is 12.3. The van der Waals surface area contributed by atoms with Gasteiger partial charge in [0.2, 0.25) is 0 Å². The van der Waals surface area contributed by atoms with Gasteiger partial charge in [-0.2, -0.15) is 0 Å². The minimum absolute atomic E-state index is 0.0866. The molecule has 1 aromatic heterocycles. The SMILES string of the molecule is CC1CC(C)CN(c2cc(C(=O)N(C)C)c(C=O)c(Cl)n2)C1. The molecule has 1 aliphatic rings. The number of aldehydes is 1. The fourth-order valence-corrected chi connectivity index (χ4v) is 3.29. The van der Waals surface area contributed by atoms with E-state index in [1.165, 1.54) is 11.3 Å². The second-order valence-electron chi connectivity index (χ2n) is 6.40. The van der Waals surface area contributed by atoms with Gasteiger partial charge < -0.3 is 9.80 Å². The molecular weight excluding hydrogens is 302 g/mol. The molecule has 120 valence electrons. The third-order valence-corrected chi connectivity index (χ3v) is 4.23. The summed E-state index contributed by atoms with van der Waals surface area (Å²) < 4.78 is 0. The normalized spacial score (nSPS) is 21.6. The van der Waals surface area contributed by atoms with Crippen molar-refractivity contribution in [2.45, 2.75) is 20.3 Å². The van der Waals surface area contributed by atoms with Gasteiger partial charge in [-0.15, -0.1) is 0 Å². The van der Waals surface area contributed by atoms with Crippen LogP contribution in [-0.2, 0) is 0 Å². The van der Waals surface area contributed by atoms with Gasteiger partial charge in [0.1, 0.15) is 11.0 Å². The summed E-state index contributed by atoms with van der Waals surface area (Å²) in [4.78, 5) is 31.5. The molecule has 2 atom stereocenters. The molecule has 0 aromatic carbocycles. The van der Waals surface area contributed by atoms with Crippen molar-refractivity contribution in [1.29, 1.82) is 0 Å². The topological polar surface area (TPSA) is 53.5 Å². The summed E-state index contributed by atoms with van der Waals surface area (Å²) in [7, 11) is 3.30. The highest BCUT2D eigenvalue weighted by atomic mass is 35.5. The predicted molar refractivity (Wildman–Crippen MR) is 87.8 cm³/mol. The summed E-state index contributed by atoms with van der Waals surface area (Å²) in [6.45, 7) is 6.17. The van der Waals surface area contributed by atoms with Gasteiger partial charge in [0.05, 0.1) is 11.1 Å². The Hall–Kier alpha value is -1.62. The number of hydrogen-bond acceptors (Lipinski definition) is 4. The van der Waals surface area contributed by atoms with E-state index < -0.39 is 0 Å². The quantitative estimate of drug-likeness (QED) is 0.634. The van der Waals surface area contributed by atoms with E-state index in [-0.39, 0.29) is 16.6 Å². The molecule has 5 nitrogen and oxygen atoms in total. The highest BCUT2D eigenvalue weighted by Gasteiger charge is 2.25. The Balaban J connectivity index is 2.45. The van der Waals surface area contributed by atoms with Crippen LogP contribution in [0.25, 0.3) is 0 Å². The van der Waals surface area contributed by atoms with Crippen LogP contribution in [-0.4, -0.2) is 49.3 Å². The van der Waals surface area contributed by atoms with Crippen LogP contribution in [0.15, 0.2) is 6.07 Å². The van der Waals surface area contributed by atoms with Gasteiger partial charge in [-0.05, 0) is 24.3 Å². The molecule has 1 amide bonds. The van der Waals surface area contributed by atoms with E-state index in [0.29, 0.717) is 29.5 Å². The molecule has 1 saturated heterocycles. The lowest BCUT2D eigenvalue weighted by molar-refractivity contribution is 0.0824. The Morgan fingerprint density at radius 1 is 1.36 bits per heavy atom. The molecule has 22 heavy (non-hydrogen) atoms. The maximum Gasteiger partial charge on any atom is 0.254 e. The van der Waals surface area contributed by atoms with E-state index in [1.807, 2.05) is 0 Å². The number of carbonyl (C=O) groups is 2. The molecule has 0 saturated carbocycles. The molecule has 1 aromatic rings.